The highest BCUT2D eigenvalue weighted by atomic mass is 35.5. The number of hydrogen-bond acceptors (Lipinski definition) is 0. The first-order valence-electron chi connectivity index (χ1n) is 4.38. The zero-order valence-electron chi connectivity index (χ0n) is 8.39. The van der Waals surface area contributed by atoms with Gasteiger partial charge in [-0.1, -0.05) is 57.2 Å². The molecule has 0 nitrogen and oxygen atoms in total. The summed E-state index contributed by atoms with van der Waals surface area (Å²) in [6.45, 7) is 10.2. The van der Waals surface area contributed by atoms with Crippen LogP contribution in [0.5, 0.6) is 0 Å². The lowest BCUT2D eigenvalue weighted by atomic mass is 9.84. The Labute approximate surface area is 85.2 Å². The van der Waals surface area contributed by atoms with Crippen molar-refractivity contribution in [3.05, 3.63) is 40.9 Å². The van der Waals surface area contributed by atoms with Gasteiger partial charge < -0.3 is 0 Å². The van der Waals surface area contributed by atoms with E-state index in [1.54, 1.807) is 0 Å². The first-order chi connectivity index (χ1) is 5.96. The van der Waals surface area contributed by atoms with Crippen LogP contribution in [0.25, 0.3) is 6.08 Å². The summed E-state index contributed by atoms with van der Waals surface area (Å²) < 4.78 is 0. The van der Waals surface area contributed by atoms with Crippen molar-refractivity contribution in [2.75, 3.05) is 0 Å². The Bertz CT molecular complexity index is 318. The molecule has 0 amide bonds. The highest BCUT2D eigenvalue weighted by molar-refractivity contribution is 6.31. The minimum absolute atomic E-state index is 0.0713. The van der Waals surface area contributed by atoms with E-state index in [1.807, 2.05) is 24.3 Å². The Morgan fingerprint density at radius 2 is 1.92 bits per heavy atom. The maximum absolute atomic E-state index is 6.15. The van der Waals surface area contributed by atoms with Crippen LogP contribution in [0.15, 0.2) is 24.8 Å². The largest absolute Gasteiger partial charge is 0.0985 e. The van der Waals surface area contributed by atoms with E-state index in [0.717, 1.165) is 10.6 Å². The van der Waals surface area contributed by atoms with Crippen molar-refractivity contribution in [3.8, 4) is 0 Å². The topological polar surface area (TPSA) is 0 Å². The summed E-state index contributed by atoms with van der Waals surface area (Å²) in [5, 5.41) is 0.824. The van der Waals surface area contributed by atoms with E-state index in [2.05, 4.69) is 27.4 Å². The fourth-order valence-corrected chi connectivity index (χ4v) is 1.97. The standard InChI is InChI=1S/C12H15Cl/c1-5-9-7-6-8-10(13)11(9)12(2,3)4/h5-8H,1H2,2-4H3. The van der Waals surface area contributed by atoms with Gasteiger partial charge in [0.1, 0.15) is 0 Å². The number of hydrogen-bond donors (Lipinski definition) is 0. The lowest BCUT2D eigenvalue weighted by Crippen LogP contribution is -2.13. The molecule has 0 spiro atoms. The van der Waals surface area contributed by atoms with Crippen molar-refractivity contribution in [3.63, 3.8) is 0 Å². The highest BCUT2D eigenvalue weighted by Crippen LogP contribution is 2.32. The molecule has 0 heterocycles. The molecule has 1 aromatic rings. The van der Waals surface area contributed by atoms with Crippen molar-refractivity contribution in [1.29, 1.82) is 0 Å². The second kappa shape index (κ2) is 3.55. The van der Waals surface area contributed by atoms with Crippen molar-refractivity contribution in [2.24, 2.45) is 0 Å². The lowest BCUT2D eigenvalue weighted by molar-refractivity contribution is 0.589. The predicted octanol–water partition coefficient (Wildman–Crippen LogP) is 4.28. The van der Waals surface area contributed by atoms with Crippen molar-refractivity contribution < 1.29 is 0 Å². The molecular formula is C12H15Cl. The van der Waals surface area contributed by atoms with Gasteiger partial charge in [0.15, 0.2) is 0 Å². The molecule has 0 aromatic heterocycles. The van der Waals surface area contributed by atoms with Gasteiger partial charge in [-0.05, 0) is 22.6 Å². The summed E-state index contributed by atoms with van der Waals surface area (Å²) in [4.78, 5) is 0. The first kappa shape index (κ1) is 10.3. The van der Waals surface area contributed by atoms with Crippen LogP contribution in [0.2, 0.25) is 5.02 Å². The molecule has 1 heteroatoms. The van der Waals surface area contributed by atoms with Crippen LogP contribution >= 0.6 is 11.6 Å². The second-order valence-electron chi connectivity index (χ2n) is 4.16. The summed E-state index contributed by atoms with van der Waals surface area (Å²) in [5.41, 5.74) is 2.37. The van der Waals surface area contributed by atoms with Gasteiger partial charge in [0, 0.05) is 5.02 Å². The van der Waals surface area contributed by atoms with Crippen LogP contribution in [0.4, 0.5) is 0 Å². The molecule has 1 rings (SSSR count). The van der Waals surface area contributed by atoms with E-state index in [1.165, 1.54) is 5.56 Å². The molecule has 0 aliphatic heterocycles. The third-order valence-electron chi connectivity index (χ3n) is 2.02. The fraction of sp³-hybridized carbons (Fsp3) is 0.333. The lowest BCUT2D eigenvalue weighted by Gasteiger charge is -2.23. The molecule has 0 N–H and O–H groups in total. The van der Waals surface area contributed by atoms with Gasteiger partial charge in [-0.3, -0.25) is 0 Å². The molecule has 0 radical (unpaired) electrons. The summed E-state index contributed by atoms with van der Waals surface area (Å²) in [6, 6.07) is 5.92. The van der Waals surface area contributed by atoms with Crippen LogP contribution in [-0.4, -0.2) is 0 Å². The van der Waals surface area contributed by atoms with Gasteiger partial charge in [0.25, 0.3) is 0 Å². The monoisotopic (exact) mass is 194 g/mol. The maximum atomic E-state index is 6.15. The Morgan fingerprint density at radius 1 is 1.31 bits per heavy atom. The average molecular weight is 195 g/mol. The van der Waals surface area contributed by atoms with Gasteiger partial charge >= 0.3 is 0 Å². The fourth-order valence-electron chi connectivity index (χ4n) is 1.50. The second-order valence-corrected chi connectivity index (χ2v) is 4.57. The summed E-state index contributed by atoms with van der Waals surface area (Å²) in [7, 11) is 0. The molecule has 0 saturated heterocycles. The summed E-state index contributed by atoms with van der Waals surface area (Å²) in [5.74, 6) is 0. The highest BCUT2D eigenvalue weighted by Gasteiger charge is 2.19. The summed E-state index contributed by atoms with van der Waals surface area (Å²) >= 11 is 6.15. The quantitative estimate of drug-likeness (QED) is 0.626. The normalized spacial score (nSPS) is 11.4. The third kappa shape index (κ3) is 2.13. The summed E-state index contributed by atoms with van der Waals surface area (Å²) in [6.07, 6.45) is 1.85. The molecule has 70 valence electrons. The SMILES string of the molecule is C=Cc1cccc(Cl)c1C(C)(C)C. The number of rotatable bonds is 1. The van der Waals surface area contributed by atoms with E-state index in [-0.39, 0.29) is 5.41 Å². The number of benzene rings is 1. The Hall–Kier alpha value is -0.750. The zero-order chi connectivity index (χ0) is 10.1. The van der Waals surface area contributed by atoms with Crippen LogP contribution in [-0.2, 0) is 5.41 Å². The number of halogens is 1. The van der Waals surface area contributed by atoms with Crippen molar-refractivity contribution >= 4 is 17.7 Å². The van der Waals surface area contributed by atoms with E-state index in [9.17, 15) is 0 Å². The van der Waals surface area contributed by atoms with E-state index >= 15 is 0 Å². The van der Waals surface area contributed by atoms with Gasteiger partial charge in [-0.2, -0.15) is 0 Å². The van der Waals surface area contributed by atoms with E-state index in [4.69, 9.17) is 11.6 Å². The van der Waals surface area contributed by atoms with Crippen molar-refractivity contribution in [2.45, 2.75) is 26.2 Å². The first-order valence-corrected chi connectivity index (χ1v) is 4.76. The Morgan fingerprint density at radius 3 is 2.31 bits per heavy atom. The van der Waals surface area contributed by atoms with Crippen LogP contribution in [0, 0.1) is 0 Å². The molecule has 13 heavy (non-hydrogen) atoms. The molecular weight excluding hydrogens is 180 g/mol. The third-order valence-corrected chi connectivity index (χ3v) is 2.33. The van der Waals surface area contributed by atoms with Crippen molar-refractivity contribution in [1.82, 2.24) is 0 Å². The van der Waals surface area contributed by atoms with Gasteiger partial charge in [0.05, 0.1) is 0 Å². The van der Waals surface area contributed by atoms with Gasteiger partial charge in [-0.25, -0.2) is 0 Å². The predicted molar refractivity (Wildman–Crippen MR) is 60.2 cm³/mol. The average Bonchev–Trinajstić information content (AvgIpc) is 2.01. The molecule has 0 fully saturated rings. The molecule has 1 aromatic carbocycles. The maximum Gasteiger partial charge on any atom is 0.0449 e. The van der Waals surface area contributed by atoms with E-state index < -0.39 is 0 Å². The van der Waals surface area contributed by atoms with E-state index in [0.29, 0.717) is 0 Å². The molecule has 0 aliphatic rings. The molecule has 0 bridgehead atoms. The molecule has 0 unspecified atom stereocenters. The minimum Gasteiger partial charge on any atom is -0.0985 e. The Kier molecular flexibility index (Phi) is 2.82. The van der Waals surface area contributed by atoms with Crippen LogP contribution < -0.4 is 0 Å². The van der Waals surface area contributed by atoms with Gasteiger partial charge in [-0.15, -0.1) is 0 Å². The van der Waals surface area contributed by atoms with Crippen LogP contribution in [0.3, 0.4) is 0 Å². The van der Waals surface area contributed by atoms with Crippen LogP contribution in [0.1, 0.15) is 31.9 Å². The zero-order valence-corrected chi connectivity index (χ0v) is 9.15. The Balaban J connectivity index is 3.40. The molecule has 0 atom stereocenters. The smallest absolute Gasteiger partial charge is 0.0449 e. The molecule has 0 saturated carbocycles. The minimum atomic E-state index is 0.0713. The van der Waals surface area contributed by atoms with Gasteiger partial charge in [0.2, 0.25) is 0 Å². The molecule has 0 aliphatic carbocycles.